The Kier molecular flexibility index (Phi) is 12.7. The molecule has 0 amide bonds. The molecule has 0 heterocycles. The van der Waals surface area contributed by atoms with E-state index in [1.165, 1.54) is 0 Å². The zero-order valence-electron chi connectivity index (χ0n) is 19.3. The summed E-state index contributed by atoms with van der Waals surface area (Å²) in [4.78, 5) is 57.5. The summed E-state index contributed by atoms with van der Waals surface area (Å²) in [5, 5.41) is 0.884. The van der Waals surface area contributed by atoms with Gasteiger partial charge in [0.25, 0.3) is 0 Å². The maximum absolute atomic E-state index is 11.9. The summed E-state index contributed by atoms with van der Waals surface area (Å²) in [5.41, 5.74) is 0. The number of carbonyl (C=O) groups is 5. The second-order valence-corrected chi connectivity index (χ2v) is 11.0. The van der Waals surface area contributed by atoms with Gasteiger partial charge in [-0.05, 0) is 44.1 Å². The van der Waals surface area contributed by atoms with E-state index in [1.807, 2.05) is 13.2 Å². The first-order valence-corrected chi connectivity index (χ1v) is 13.5. The Morgan fingerprint density at radius 3 is 1.94 bits per heavy atom. The van der Waals surface area contributed by atoms with Crippen LogP contribution in [0.25, 0.3) is 0 Å². The molecule has 31 heavy (non-hydrogen) atoms. The number of thioether (sulfide) groups is 2. The van der Waals surface area contributed by atoms with E-state index in [0.717, 1.165) is 6.42 Å². The van der Waals surface area contributed by atoms with Crippen molar-refractivity contribution in [1.29, 1.82) is 0 Å². The van der Waals surface area contributed by atoms with Crippen molar-refractivity contribution in [2.75, 3.05) is 19.1 Å². The topological polar surface area (TPSA) is 94.6 Å². The Hall–Kier alpha value is -1.15. The van der Waals surface area contributed by atoms with E-state index in [1.54, 1.807) is 30.4 Å². The second-order valence-electron chi connectivity index (χ2n) is 8.47. The molecule has 0 aliphatic heterocycles. The van der Waals surface area contributed by atoms with Crippen molar-refractivity contribution >= 4 is 52.6 Å². The predicted octanol–water partition coefficient (Wildman–Crippen LogP) is 3.92. The number of rotatable bonds is 8. The molecule has 176 valence electrons. The standard InChI is InChI=1S/C13H20O4S.C10H16O2S/c1-4-17-13(16)12-9(5-8(2)18-3)6-10(14)7-11(12)15;1-7(13-2)3-8-4-9(11)6-10(12)5-8/h8-9,12H,4-7H2,1-3H3;7-8H,3-6H2,1-2H3. The van der Waals surface area contributed by atoms with Gasteiger partial charge in [0, 0.05) is 29.8 Å². The number of ether oxygens (including phenoxy) is 1. The summed E-state index contributed by atoms with van der Waals surface area (Å²) in [6.07, 6.45) is 7.37. The number of Topliss-reactive ketones (excluding diaryl/α,β-unsaturated/α-hetero) is 4. The van der Waals surface area contributed by atoms with Crippen LogP contribution in [0.15, 0.2) is 0 Å². The third-order valence-electron chi connectivity index (χ3n) is 5.75. The van der Waals surface area contributed by atoms with Gasteiger partial charge in [0.2, 0.25) is 0 Å². The molecule has 0 aromatic heterocycles. The fraction of sp³-hybridized carbons (Fsp3) is 0.783. The van der Waals surface area contributed by atoms with Gasteiger partial charge in [-0.3, -0.25) is 24.0 Å². The van der Waals surface area contributed by atoms with Gasteiger partial charge in [-0.1, -0.05) is 13.8 Å². The van der Waals surface area contributed by atoms with E-state index >= 15 is 0 Å². The van der Waals surface area contributed by atoms with Crippen LogP contribution in [0.5, 0.6) is 0 Å². The third-order valence-corrected chi connectivity index (χ3v) is 7.75. The second kappa shape index (κ2) is 14.1. The molecule has 0 aromatic carbocycles. The Labute approximate surface area is 194 Å². The van der Waals surface area contributed by atoms with Crippen molar-refractivity contribution in [3.63, 3.8) is 0 Å². The van der Waals surface area contributed by atoms with Crippen LogP contribution < -0.4 is 0 Å². The highest BCUT2D eigenvalue weighted by atomic mass is 32.2. The van der Waals surface area contributed by atoms with E-state index in [4.69, 9.17) is 4.74 Å². The van der Waals surface area contributed by atoms with E-state index in [2.05, 4.69) is 13.2 Å². The molecule has 2 saturated carbocycles. The Balaban J connectivity index is 0.000000327. The van der Waals surface area contributed by atoms with Crippen LogP contribution in [-0.2, 0) is 28.7 Å². The number of esters is 1. The smallest absolute Gasteiger partial charge is 0.316 e. The van der Waals surface area contributed by atoms with Crippen molar-refractivity contribution in [2.45, 2.75) is 76.2 Å². The van der Waals surface area contributed by atoms with Crippen LogP contribution in [0.3, 0.4) is 0 Å². The van der Waals surface area contributed by atoms with Crippen LogP contribution in [0, 0.1) is 17.8 Å². The molecular formula is C23H36O6S2. The van der Waals surface area contributed by atoms with Crippen LogP contribution in [-0.4, -0.2) is 58.7 Å². The van der Waals surface area contributed by atoms with E-state index in [-0.39, 0.29) is 48.5 Å². The van der Waals surface area contributed by atoms with Gasteiger partial charge in [-0.25, -0.2) is 0 Å². The quantitative estimate of drug-likeness (QED) is 0.387. The number of hydrogen-bond acceptors (Lipinski definition) is 8. The summed E-state index contributed by atoms with van der Waals surface area (Å²) in [6, 6.07) is 0. The molecule has 0 bridgehead atoms. The fourth-order valence-corrected chi connectivity index (χ4v) is 5.06. The normalized spacial score (nSPS) is 24.3. The van der Waals surface area contributed by atoms with Crippen molar-refractivity contribution in [1.82, 2.24) is 0 Å². The molecule has 0 aromatic rings. The lowest BCUT2D eigenvalue weighted by atomic mass is 9.75. The first-order chi connectivity index (χ1) is 14.6. The van der Waals surface area contributed by atoms with Crippen molar-refractivity contribution < 1.29 is 28.7 Å². The highest BCUT2D eigenvalue weighted by Crippen LogP contribution is 2.32. The van der Waals surface area contributed by atoms with Crippen LogP contribution in [0.1, 0.15) is 65.7 Å². The van der Waals surface area contributed by atoms with E-state index in [0.29, 0.717) is 42.1 Å². The zero-order chi connectivity index (χ0) is 23.6. The van der Waals surface area contributed by atoms with Gasteiger partial charge in [-0.15, -0.1) is 0 Å². The van der Waals surface area contributed by atoms with Gasteiger partial charge >= 0.3 is 5.97 Å². The molecule has 0 spiro atoms. The largest absolute Gasteiger partial charge is 0.465 e. The summed E-state index contributed by atoms with van der Waals surface area (Å²) in [5.74, 6) is -1.15. The average Bonchev–Trinajstić information content (AvgIpc) is 2.67. The Bertz CT molecular complexity index is 646. The minimum atomic E-state index is -0.739. The summed E-state index contributed by atoms with van der Waals surface area (Å²) >= 11 is 3.47. The Morgan fingerprint density at radius 1 is 0.903 bits per heavy atom. The third kappa shape index (κ3) is 9.89. The molecule has 2 aliphatic rings. The number of ketones is 4. The monoisotopic (exact) mass is 472 g/mol. The SMILES string of the molecule is CCOC(=O)C1C(=O)CC(=O)CC1CC(C)SC.CSC(C)CC1CC(=O)CC(=O)C1. The van der Waals surface area contributed by atoms with Crippen molar-refractivity contribution in [3.8, 4) is 0 Å². The molecule has 0 radical (unpaired) electrons. The summed E-state index contributed by atoms with van der Waals surface area (Å²) in [7, 11) is 0. The van der Waals surface area contributed by atoms with Gasteiger partial charge < -0.3 is 4.74 Å². The lowest BCUT2D eigenvalue weighted by Gasteiger charge is -2.29. The maximum atomic E-state index is 11.9. The van der Waals surface area contributed by atoms with Crippen LogP contribution >= 0.6 is 23.5 Å². The predicted molar refractivity (Wildman–Crippen MR) is 125 cm³/mol. The lowest BCUT2D eigenvalue weighted by Crippen LogP contribution is -2.40. The Morgan fingerprint density at radius 2 is 1.42 bits per heavy atom. The summed E-state index contributed by atoms with van der Waals surface area (Å²) < 4.78 is 4.95. The minimum absolute atomic E-state index is 0.0566. The lowest BCUT2D eigenvalue weighted by molar-refractivity contribution is -0.156. The molecule has 4 unspecified atom stereocenters. The van der Waals surface area contributed by atoms with Gasteiger partial charge in [-0.2, -0.15) is 23.5 Å². The van der Waals surface area contributed by atoms with Crippen molar-refractivity contribution in [3.05, 3.63) is 0 Å². The molecule has 2 fully saturated rings. The molecule has 2 rings (SSSR count). The molecule has 6 nitrogen and oxygen atoms in total. The maximum Gasteiger partial charge on any atom is 0.316 e. The van der Waals surface area contributed by atoms with Gasteiger partial charge in [0.05, 0.1) is 19.4 Å². The van der Waals surface area contributed by atoms with Crippen LogP contribution in [0.4, 0.5) is 0 Å². The first-order valence-electron chi connectivity index (χ1n) is 10.9. The highest BCUT2D eigenvalue weighted by molar-refractivity contribution is 7.99. The number of carbonyl (C=O) groups excluding carboxylic acids is 5. The molecular weight excluding hydrogens is 436 g/mol. The van der Waals surface area contributed by atoms with Gasteiger partial charge in [0.15, 0.2) is 5.78 Å². The van der Waals surface area contributed by atoms with Crippen LogP contribution in [0.2, 0.25) is 0 Å². The molecule has 4 atom stereocenters. The molecule has 2 aliphatic carbocycles. The van der Waals surface area contributed by atoms with E-state index < -0.39 is 11.9 Å². The van der Waals surface area contributed by atoms with E-state index in [9.17, 15) is 24.0 Å². The molecule has 8 heteroatoms. The van der Waals surface area contributed by atoms with Crippen molar-refractivity contribution in [2.24, 2.45) is 17.8 Å². The molecule has 0 N–H and O–H groups in total. The highest BCUT2D eigenvalue weighted by Gasteiger charge is 2.41. The fourth-order valence-electron chi connectivity index (χ4n) is 4.16. The van der Waals surface area contributed by atoms with Gasteiger partial charge in [0.1, 0.15) is 23.3 Å². The molecule has 0 saturated heterocycles. The zero-order valence-corrected chi connectivity index (χ0v) is 20.9. The minimum Gasteiger partial charge on any atom is -0.465 e. The number of hydrogen-bond donors (Lipinski definition) is 0. The first kappa shape index (κ1) is 27.9. The summed E-state index contributed by atoms with van der Waals surface area (Å²) in [6.45, 7) is 6.17. The average molecular weight is 473 g/mol.